The molecule has 0 saturated carbocycles. The van der Waals surface area contributed by atoms with Crippen LogP contribution < -0.4 is 0 Å². The van der Waals surface area contributed by atoms with Gasteiger partial charge in [0.15, 0.2) is 12.2 Å². The molecule has 17 nitrogen and oxygen atoms in total. The van der Waals surface area contributed by atoms with E-state index in [9.17, 15) is 43.2 Å². The molecular weight excluding hydrogens is 1210 g/mol. The van der Waals surface area contributed by atoms with Gasteiger partial charge in [-0.3, -0.25) is 37.3 Å². The fourth-order valence-electron chi connectivity index (χ4n) is 9.79. The molecule has 3 N–H and O–H groups in total. The van der Waals surface area contributed by atoms with Crippen LogP contribution in [0.1, 0.15) is 323 Å². The van der Waals surface area contributed by atoms with Crippen molar-refractivity contribution < 1.29 is 80.2 Å². The molecule has 0 aliphatic heterocycles. The predicted molar refractivity (Wildman–Crippen MR) is 372 cm³/mol. The molecule has 0 radical (unpaired) electrons. The van der Waals surface area contributed by atoms with E-state index in [1.165, 1.54) is 89.9 Å². The van der Waals surface area contributed by atoms with Crippen LogP contribution in [0.2, 0.25) is 0 Å². The highest BCUT2D eigenvalue weighted by Crippen LogP contribution is 2.45. The molecule has 92 heavy (non-hydrogen) atoms. The van der Waals surface area contributed by atoms with Crippen LogP contribution in [0, 0.1) is 0 Å². The van der Waals surface area contributed by atoms with Gasteiger partial charge in [0, 0.05) is 25.7 Å². The lowest BCUT2D eigenvalue weighted by atomic mass is 10.1. The summed E-state index contributed by atoms with van der Waals surface area (Å²) < 4.78 is 68.3. The molecule has 0 aromatic rings. The van der Waals surface area contributed by atoms with E-state index in [0.717, 1.165) is 154 Å². The molecule has 0 rings (SSSR count). The second-order valence-corrected chi connectivity index (χ2v) is 27.4. The van der Waals surface area contributed by atoms with Crippen LogP contribution in [0.15, 0.2) is 60.8 Å². The fourth-order valence-corrected chi connectivity index (χ4v) is 11.4. The highest BCUT2D eigenvalue weighted by atomic mass is 31.2. The van der Waals surface area contributed by atoms with Crippen LogP contribution >= 0.6 is 15.6 Å². The van der Waals surface area contributed by atoms with Crippen molar-refractivity contribution in [3.8, 4) is 0 Å². The molecular formula is C73H132O17P2. The number of phosphoric ester groups is 2. The largest absolute Gasteiger partial charge is 0.472 e. The summed E-state index contributed by atoms with van der Waals surface area (Å²) in [5.74, 6) is -2.19. The van der Waals surface area contributed by atoms with E-state index in [2.05, 4.69) is 88.5 Å². The first-order chi connectivity index (χ1) is 44.7. The third-order valence-electron chi connectivity index (χ3n) is 15.5. The number of hydrogen-bond donors (Lipinski definition) is 3. The van der Waals surface area contributed by atoms with Gasteiger partial charge in [0.2, 0.25) is 0 Å². The Kier molecular flexibility index (Phi) is 64.0. The number of phosphoric acid groups is 2. The molecule has 0 heterocycles. The summed E-state index contributed by atoms with van der Waals surface area (Å²) in [5, 5.41) is 10.6. The summed E-state index contributed by atoms with van der Waals surface area (Å²) in [5.41, 5.74) is 0. The maximum atomic E-state index is 13.0. The number of carbonyl (C=O) groups excluding carboxylic acids is 4. The molecule has 0 amide bonds. The average molecular weight is 1340 g/mol. The number of ether oxygens (including phenoxy) is 4. The summed E-state index contributed by atoms with van der Waals surface area (Å²) in [6.45, 7) is 4.76. The van der Waals surface area contributed by atoms with Gasteiger partial charge in [-0.2, -0.15) is 0 Å². The van der Waals surface area contributed by atoms with E-state index in [-0.39, 0.29) is 25.7 Å². The lowest BCUT2D eigenvalue weighted by Gasteiger charge is -2.21. The van der Waals surface area contributed by atoms with Crippen molar-refractivity contribution in [3.63, 3.8) is 0 Å². The van der Waals surface area contributed by atoms with Gasteiger partial charge in [0.05, 0.1) is 26.4 Å². The second kappa shape index (κ2) is 66.4. The first-order valence-electron chi connectivity index (χ1n) is 36.5. The topological polar surface area (TPSA) is 237 Å². The number of carbonyl (C=O) groups is 4. The van der Waals surface area contributed by atoms with Gasteiger partial charge in [-0.25, -0.2) is 9.13 Å². The Hall–Kier alpha value is -3.24. The lowest BCUT2D eigenvalue weighted by molar-refractivity contribution is -0.161. The van der Waals surface area contributed by atoms with Gasteiger partial charge in [-0.15, -0.1) is 0 Å². The lowest BCUT2D eigenvalue weighted by Crippen LogP contribution is -2.30. The average Bonchev–Trinajstić information content (AvgIpc) is 2.39. The van der Waals surface area contributed by atoms with Gasteiger partial charge in [-0.1, -0.05) is 249 Å². The number of allylic oxidation sites excluding steroid dienone is 10. The summed E-state index contributed by atoms with van der Waals surface area (Å²) >= 11 is 0. The Morgan fingerprint density at radius 3 is 0.870 bits per heavy atom. The van der Waals surface area contributed by atoms with E-state index in [0.29, 0.717) is 25.7 Å². The number of aliphatic hydroxyl groups is 1. The van der Waals surface area contributed by atoms with Crippen molar-refractivity contribution in [2.45, 2.75) is 341 Å². The molecule has 0 aromatic heterocycles. The van der Waals surface area contributed by atoms with Crippen LogP contribution in [0.3, 0.4) is 0 Å². The van der Waals surface area contributed by atoms with Crippen molar-refractivity contribution >= 4 is 39.5 Å². The van der Waals surface area contributed by atoms with Gasteiger partial charge in [0.1, 0.15) is 19.3 Å². The summed E-state index contributed by atoms with van der Waals surface area (Å²) in [4.78, 5) is 72.6. The van der Waals surface area contributed by atoms with E-state index >= 15 is 0 Å². The van der Waals surface area contributed by atoms with E-state index < -0.39 is 97.5 Å². The van der Waals surface area contributed by atoms with Crippen LogP contribution in [0.5, 0.6) is 0 Å². The Labute approximate surface area is 559 Å². The molecule has 0 aliphatic rings. The zero-order chi connectivity index (χ0) is 67.5. The molecule has 0 aliphatic carbocycles. The van der Waals surface area contributed by atoms with Crippen molar-refractivity contribution in [2.75, 3.05) is 39.6 Å². The number of hydrogen-bond acceptors (Lipinski definition) is 15. The van der Waals surface area contributed by atoms with E-state index in [1.54, 1.807) is 0 Å². The predicted octanol–water partition coefficient (Wildman–Crippen LogP) is 20.3. The SMILES string of the molecule is CCCC/C=C\CCCCCCCC(=O)OCC(COP(=O)(O)OCC(O)COP(=O)(O)OCC(COC(=O)CCCCCCC/C=C\C/C=C\CCCCC)OC(=O)CCCCCCC/C=C\C/C=C\CCCCC)OC(=O)CCCCCCCCCCCCC. The minimum atomic E-state index is -4.97. The summed E-state index contributed by atoms with van der Waals surface area (Å²) in [7, 11) is -9.93. The highest BCUT2D eigenvalue weighted by molar-refractivity contribution is 7.47. The molecule has 0 fully saturated rings. The van der Waals surface area contributed by atoms with Crippen molar-refractivity contribution in [1.29, 1.82) is 0 Å². The number of aliphatic hydroxyl groups excluding tert-OH is 1. The zero-order valence-corrected chi connectivity index (χ0v) is 60.0. The maximum absolute atomic E-state index is 13.0. The third-order valence-corrected chi connectivity index (χ3v) is 17.4. The van der Waals surface area contributed by atoms with Gasteiger partial charge >= 0.3 is 39.5 Å². The summed E-state index contributed by atoms with van der Waals surface area (Å²) in [6, 6.07) is 0. The first kappa shape index (κ1) is 88.8. The van der Waals surface area contributed by atoms with E-state index in [4.69, 9.17) is 37.0 Å². The molecule has 0 aromatic carbocycles. The molecule has 5 atom stereocenters. The maximum Gasteiger partial charge on any atom is 0.472 e. The number of esters is 4. The third kappa shape index (κ3) is 65.4. The minimum Gasteiger partial charge on any atom is -0.462 e. The van der Waals surface area contributed by atoms with Gasteiger partial charge < -0.3 is 33.8 Å². The normalized spacial score (nSPS) is 14.4. The second-order valence-electron chi connectivity index (χ2n) is 24.5. The fraction of sp³-hybridized carbons (Fsp3) is 0.808. The smallest absolute Gasteiger partial charge is 0.462 e. The standard InChI is InChI=1S/C73H132O17P2/c1-5-9-13-17-21-25-29-31-33-35-39-42-46-50-54-58-71(76)84-64-69(90-73(78)60-56-52-48-44-40-36-34-32-30-26-22-18-14-10-6-2)66-88-92(81,82)86-62-67(74)61-85-91(79,80)87-65-68(89-72(77)59-55-51-47-43-38-28-24-20-16-12-8-4)63-83-70(75)57-53-49-45-41-37-27-23-19-15-11-7-3/h19,21-23,25-26,31-34,67-69,74H,5-18,20,24,27-30,35-66H2,1-4H3,(H,79,80)(H,81,82)/b23-19-,25-21-,26-22-,33-31-,34-32-. The van der Waals surface area contributed by atoms with Crippen molar-refractivity contribution in [1.82, 2.24) is 0 Å². The Balaban J connectivity index is 5.32. The molecule has 19 heteroatoms. The summed E-state index contributed by atoms with van der Waals surface area (Å²) in [6.07, 6.45) is 62.2. The quantitative estimate of drug-likeness (QED) is 0.0169. The molecule has 536 valence electrons. The van der Waals surface area contributed by atoms with Gasteiger partial charge in [-0.05, 0) is 109 Å². The number of unbranched alkanes of at least 4 members (excludes halogenated alkanes) is 33. The molecule has 0 spiro atoms. The van der Waals surface area contributed by atoms with Gasteiger partial charge in [0.25, 0.3) is 0 Å². The minimum absolute atomic E-state index is 0.0791. The zero-order valence-electron chi connectivity index (χ0n) is 58.2. The van der Waals surface area contributed by atoms with Crippen LogP contribution in [-0.2, 0) is 65.4 Å². The first-order valence-corrected chi connectivity index (χ1v) is 39.5. The Morgan fingerprint density at radius 2 is 0.543 bits per heavy atom. The monoisotopic (exact) mass is 1340 g/mol. The molecule has 0 saturated heterocycles. The molecule has 0 bridgehead atoms. The highest BCUT2D eigenvalue weighted by Gasteiger charge is 2.30. The van der Waals surface area contributed by atoms with Crippen LogP contribution in [0.25, 0.3) is 0 Å². The van der Waals surface area contributed by atoms with Crippen molar-refractivity contribution in [2.24, 2.45) is 0 Å². The van der Waals surface area contributed by atoms with Crippen molar-refractivity contribution in [3.05, 3.63) is 60.8 Å². The van der Waals surface area contributed by atoms with E-state index in [1.807, 2.05) is 0 Å². The number of rotatable bonds is 69. The Bertz CT molecular complexity index is 1990. The Morgan fingerprint density at radius 1 is 0.304 bits per heavy atom. The molecule has 5 unspecified atom stereocenters. The van der Waals surface area contributed by atoms with Crippen LogP contribution in [-0.4, -0.2) is 96.7 Å². The van der Waals surface area contributed by atoms with Crippen LogP contribution in [0.4, 0.5) is 0 Å².